The van der Waals surface area contributed by atoms with Gasteiger partial charge in [-0.25, -0.2) is 0 Å². The molecule has 1 aromatic rings. The van der Waals surface area contributed by atoms with Crippen LogP contribution < -0.4 is 0 Å². The number of amides is 1. The van der Waals surface area contributed by atoms with Crippen LogP contribution in [0.4, 0.5) is 0 Å². The minimum Gasteiger partial charge on any atom is -0.481 e. The van der Waals surface area contributed by atoms with Gasteiger partial charge in [0.1, 0.15) is 0 Å². The molecule has 108 valence electrons. The van der Waals surface area contributed by atoms with Crippen LogP contribution in [0, 0.1) is 5.92 Å². The number of hydrogen-bond donors (Lipinski definition) is 1. The summed E-state index contributed by atoms with van der Waals surface area (Å²) >= 11 is 0. The highest BCUT2D eigenvalue weighted by molar-refractivity contribution is 5.80. The lowest BCUT2D eigenvalue weighted by molar-refractivity contribution is -0.139. The fourth-order valence-corrected chi connectivity index (χ4v) is 2.82. The highest BCUT2D eigenvalue weighted by Crippen LogP contribution is 2.26. The van der Waals surface area contributed by atoms with Crippen LogP contribution in [-0.2, 0) is 22.4 Å². The van der Waals surface area contributed by atoms with Crippen LogP contribution in [0.1, 0.15) is 30.9 Å². The average molecular weight is 275 g/mol. The molecular weight excluding hydrogens is 254 g/mol. The van der Waals surface area contributed by atoms with Crippen molar-refractivity contribution in [1.82, 2.24) is 4.90 Å². The molecule has 0 heterocycles. The van der Waals surface area contributed by atoms with Gasteiger partial charge in [0, 0.05) is 19.0 Å². The van der Waals surface area contributed by atoms with Gasteiger partial charge in [-0.05, 0) is 37.3 Å². The zero-order chi connectivity index (χ0) is 14.5. The largest absolute Gasteiger partial charge is 0.481 e. The molecule has 20 heavy (non-hydrogen) atoms. The van der Waals surface area contributed by atoms with Crippen molar-refractivity contribution in [2.45, 2.75) is 32.6 Å². The summed E-state index contributed by atoms with van der Waals surface area (Å²) in [4.78, 5) is 24.8. The summed E-state index contributed by atoms with van der Waals surface area (Å²) in [6.07, 6.45) is 2.59. The van der Waals surface area contributed by atoms with Crippen molar-refractivity contribution in [1.29, 1.82) is 0 Å². The molecule has 1 aliphatic rings. The second kappa shape index (κ2) is 6.55. The topological polar surface area (TPSA) is 57.6 Å². The van der Waals surface area contributed by atoms with Gasteiger partial charge in [0.15, 0.2) is 0 Å². The van der Waals surface area contributed by atoms with E-state index in [2.05, 4.69) is 12.1 Å². The third-order valence-electron chi connectivity index (χ3n) is 3.99. The van der Waals surface area contributed by atoms with Gasteiger partial charge in [-0.3, -0.25) is 9.59 Å². The number of rotatable bonds is 5. The number of carboxylic acid groups (broad SMARTS) is 1. The molecule has 1 atom stereocenters. The molecule has 0 radical (unpaired) electrons. The zero-order valence-corrected chi connectivity index (χ0v) is 11.8. The molecule has 4 heteroatoms. The van der Waals surface area contributed by atoms with E-state index in [1.807, 2.05) is 19.1 Å². The van der Waals surface area contributed by atoms with Crippen LogP contribution in [0.3, 0.4) is 0 Å². The predicted molar refractivity (Wildman–Crippen MR) is 76.5 cm³/mol. The molecule has 4 nitrogen and oxygen atoms in total. The third kappa shape index (κ3) is 3.38. The zero-order valence-electron chi connectivity index (χ0n) is 11.8. The van der Waals surface area contributed by atoms with Crippen molar-refractivity contribution in [2.24, 2.45) is 5.92 Å². The number of aliphatic carboxylic acids is 1. The van der Waals surface area contributed by atoms with E-state index in [0.717, 1.165) is 19.3 Å². The summed E-state index contributed by atoms with van der Waals surface area (Å²) in [5.41, 5.74) is 2.59. The molecule has 0 spiro atoms. The Kier molecular flexibility index (Phi) is 4.77. The number of hydrogen-bond acceptors (Lipinski definition) is 2. The van der Waals surface area contributed by atoms with E-state index < -0.39 is 5.97 Å². The van der Waals surface area contributed by atoms with Gasteiger partial charge in [0.05, 0.1) is 6.42 Å². The van der Waals surface area contributed by atoms with Crippen molar-refractivity contribution < 1.29 is 14.7 Å². The standard InChI is InChI=1S/C16H21NO3/c1-2-17(10-9-15(18)19)16(20)14-8-7-12-5-3-4-6-13(12)11-14/h3-6,14H,2,7-11H2,1H3,(H,18,19). The summed E-state index contributed by atoms with van der Waals surface area (Å²) in [5, 5.41) is 8.74. The molecule has 1 unspecified atom stereocenters. The quantitative estimate of drug-likeness (QED) is 0.895. The molecule has 0 bridgehead atoms. The number of aryl methyl sites for hydroxylation is 1. The first-order chi connectivity index (χ1) is 9.61. The Morgan fingerprint density at radius 1 is 1.30 bits per heavy atom. The number of fused-ring (bicyclic) bond motifs is 1. The Morgan fingerprint density at radius 2 is 2.00 bits per heavy atom. The highest BCUT2D eigenvalue weighted by atomic mass is 16.4. The van der Waals surface area contributed by atoms with Crippen LogP contribution in [0.25, 0.3) is 0 Å². The summed E-state index contributed by atoms with van der Waals surface area (Å²) in [6, 6.07) is 8.25. The molecule has 1 aliphatic carbocycles. The van der Waals surface area contributed by atoms with E-state index in [0.29, 0.717) is 13.1 Å². The van der Waals surface area contributed by atoms with E-state index in [4.69, 9.17) is 5.11 Å². The molecule has 0 saturated heterocycles. The van der Waals surface area contributed by atoms with Crippen molar-refractivity contribution in [2.75, 3.05) is 13.1 Å². The number of nitrogens with zero attached hydrogens (tertiary/aromatic N) is 1. The number of carboxylic acids is 1. The molecule has 0 fully saturated rings. The van der Waals surface area contributed by atoms with E-state index in [1.54, 1.807) is 4.90 Å². The van der Waals surface area contributed by atoms with Crippen molar-refractivity contribution in [3.8, 4) is 0 Å². The molecule has 2 rings (SSSR count). The Morgan fingerprint density at radius 3 is 2.65 bits per heavy atom. The van der Waals surface area contributed by atoms with Gasteiger partial charge in [0.2, 0.25) is 5.91 Å². The Bertz CT molecular complexity index is 498. The van der Waals surface area contributed by atoms with Crippen LogP contribution in [0.5, 0.6) is 0 Å². The Hall–Kier alpha value is -1.84. The Labute approximate surface area is 119 Å². The lowest BCUT2D eigenvalue weighted by Crippen LogP contribution is -2.39. The summed E-state index contributed by atoms with van der Waals surface area (Å²) in [7, 11) is 0. The average Bonchev–Trinajstić information content (AvgIpc) is 2.47. The molecule has 0 aliphatic heterocycles. The Balaban J connectivity index is 2.01. The maximum atomic E-state index is 12.5. The van der Waals surface area contributed by atoms with Gasteiger partial charge in [0.25, 0.3) is 0 Å². The molecular formula is C16H21NO3. The highest BCUT2D eigenvalue weighted by Gasteiger charge is 2.27. The first-order valence-corrected chi connectivity index (χ1v) is 7.19. The number of carbonyl (C=O) groups excluding carboxylic acids is 1. The van der Waals surface area contributed by atoms with Crippen LogP contribution in [0.15, 0.2) is 24.3 Å². The van der Waals surface area contributed by atoms with Crippen molar-refractivity contribution >= 4 is 11.9 Å². The lowest BCUT2D eigenvalue weighted by Gasteiger charge is -2.29. The molecule has 0 saturated carbocycles. The molecule has 1 aromatic carbocycles. The van der Waals surface area contributed by atoms with Crippen LogP contribution in [-0.4, -0.2) is 35.0 Å². The fraction of sp³-hybridized carbons (Fsp3) is 0.500. The van der Waals surface area contributed by atoms with E-state index in [1.165, 1.54) is 11.1 Å². The monoisotopic (exact) mass is 275 g/mol. The first kappa shape index (κ1) is 14.6. The maximum absolute atomic E-state index is 12.5. The number of benzene rings is 1. The van der Waals surface area contributed by atoms with E-state index in [9.17, 15) is 9.59 Å². The van der Waals surface area contributed by atoms with Crippen LogP contribution in [0.2, 0.25) is 0 Å². The third-order valence-corrected chi connectivity index (χ3v) is 3.99. The van der Waals surface area contributed by atoms with Crippen LogP contribution >= 0.6 is 0 Å². The fourth-order valence-electron chi connectivity index (χ4n) is 2.82. The predicted octanol–water partition coefficient (Wildman–Crippen LogP) is 2.11. The number of carbonyl (C=O) groups is 2. The smallest absolute Gasteiger partial charge is 0.305 e. The van der Waals surface area contributed by atoms with Gasteiger partial charge < -0.3 is 10.0 Å². The van der Waals surface area contributed by atoms with Gasteiger partial charge in [-0.1, -0.05) is 24.3 Å². The first-order valence-electron chi connectivity index (χ1n) is 7.19. The second-order valence-electron chi connectivity index (χ2n) is 5.27. The van der Waals surface area contributed by atoms with Gasteiger partial charge in [-0.15, -0.1) is 0 Å². The molecule has 0 aromatic heterocycles. The summed E-state index contributed by atoms with van der Waals surface area (Å²) in [6.45, 7) is 2.78. The minimum absolute atomic E-state index is 0.00125. The van der Waals surface area contributed by atoms with Crippen molar-refractivity contribution in [3.05, 3.63) is 35.4 Å². The van der Waals surface area contributed by atoms with Gasteiger partial charge in [-0.2, -0.15) is 0 Å². The summed E-state index contributed by atoms with van der Waals surface area (Å²) in [5.74, 6) is -0.757. The normalized spacial score (nSPS) is 17.4. The maximum Gasteiger partial charge on any atom is 0.305 e. The van der Waals surface area contributed by atoms with E-state index in [-0.39, 0.29) is 18.2 Å². The molecule has 1 amide bonds. The van der Waals surface area contributed by atoms with Crippen molar-refractivity contribution in [3.63, 3.8) is 0 Å². The minimum atomic E-state index is -0.856. The molecule has 1 N–H and O–H groups in total. The summed E-state index contributed by atoms with van der Waals surface area (Å²) < 4.78 is 0. The van der Waals surface area contributed by atoms with E-state index >= 15 is 0 Å². The lowest BCUT2D eigenvalue weighted by atomic mass is 9.83. The van der Waals surface area contributed by atoms with Gasteiger partial charge >= 0.3 is 5.97 Å². The second-order valence-corrected chi connectivity index (χ2v) is 5.27. The SMILES string of the molecule is CCN(CCC(=O)O)C(=O)C1CCc2ccccc2C1.